The number of carbonyl (C=O) groups is 4. The maximum Gasteiger partial charge on any atom is 0.303 e. The Balaban J connectivity index is 2.03. The van der Waals surface area contributed by atoms with Gasteiger partial charge in [-0.1, -0.05) is 18.2 Å². The van der Waals surface area contributed by atoms with E-state index in [1.54, 1.807) is 0 Å². The molecule has 0 N–H and O–H groups in total. The molecule has 0 amide bonds. The van der Waals surface area contributed by atoms with E-state index in [1.165, 1.54) is 39.5 Å². The van der Waals surface area contributed by atoms with Gasteiger partial charge in [0.2, 0.25) is 0 Å². The maximum atomic E-state index is 12.0. The second-order valence-corrected chi connectivity index (χ2v) is 9.02. The van der Waals surface area contributed by atoms with Crippen LogP contribution in [0.4, 0.5) is 5.69 Å². The van der Waals surface area contributed by atoms with Gasteiger partial charge in [0.25, 0.3) is 0 Å². The number of anilines is 1. The minimum absolute atomic E-state index is 0.0610. The third-order valence-corrected chi connectivity index (χ3v) is 6.75. The molecule has 0 spiro atoms. The number of para-hydroxylation sites is 1. The van der Waals surface area contributed by atoms with Crippen molar-refractivity contribution in [2.45, 2.75) is 63.1 Å². The van der Waals surface area contributed by atoms with E-state index < -0.39 is 52.8 Å². The summed E-state index contributed by atoms with van der Waals surface area (Å²) in [6.07, 6.45) is -2.15. The molecule has 174 valence electrons. The normalized spacial score (nSPS) is 26.6. The molecule has 0 bridgehead atoms. The Morgan fingerprint density at radius 3 is 2.09 bits per heavy atom. The third kappa shape index (κ3) is 5.53. The van der Waals surface area contributed by atoms with Crippen molar-refractivity contribution in [3.05, 3.63) is 29.8 Å². The van der Waals surface area contributed by atoms with E-state index in [-0.39, 0.29) is 6.61 Å². The van der Waals surface area contributed by atoms with Gasteiger partial charge in [-0.2, -0.15) is 0 Å². The van der Waals surface area contributed by atoms with E-state index in [9.17, 15) is 19.2 Å². The van der Waals surface area contributed by atoms with Gasteiger partial charge in [0, 0.05) is 39.9 Å². The highest BCUT2D eigenvalue weighted by molar-refractivity contribution is 8.00. The van der Waals surface area contributed by atoms with Crippen molar-refractivity contribution in [2.24, 2.45) is 0 Å². The first-order valence-electron chi connectivity index (χ1n) is 10.3. The first-order chi connectivity index (χ1) is 15.2. The van der Waals surface area contributed by atoms with Crippen molar-refractivity contribution < 1.29 is 38.1 Å². The average Bonchev–Trinajstić information content (AvgIpc) is 3.12. The molecule has 1 aromatic rings. The van der Waals surface area contributed by atoms with Crippen molar-refractivity contribution in [2.75, 3.05) is 18.1 Å². The van der Waals surface area contributed by atoms with Crippen molar-refractivity contribution in [3.63, 3.8) is 0 Å². The van der Waals surface area contributed by atoms with Crippen molar-refractivity contribution in [3.8, 4) is 0 Å². The lowest BCUT2D eigenvalue weighted by atomic mass is 10.0. The monoisotopic (exact) mass is 465 g/mol. The molecule has 9 nitrogen and oxygen atoms in total. The lowest BCUT2D eigenvalue weighted by Gasteiger charge is -2.47. The summed E-state index contributed by atoms with van der Waals surface area (Å²) in [6.45, 7) is 5.64. The fourth-order valence-corrected chi connectivity index (χ4v) is 5.69. The van der Waals surface area contributed by atoms with Crippen molar-refractivity contribution in [1.82, 2.24) is 0 Å². The summed E-state index contributed by atoms with van der Waals surface area (Å²) >= 11 is 1.37. The number of benzene rings is 1. The van der Waals surface area contributed by atoms with Gasteiger partial charge in [-0.25, -0.2) is 0 Å². The predicted molar refractivity (Wildman–Crippen MR) is 116 cm³/mol. The highest BCUT2D eigenvalue weighted by Crippen LogP contribution is 2.43. The van der Waals surface area contributed by atoms with E-state index in [2.05, 4.69) is 4.90 Å². The topological polar surface area (TPSA) is 108 Å². The van der Waals surface area contributed by atoms with Crippen molar-refractivity contribution >= 4 is 41.3 Å². The number of fused-ring (bicyclic) bond motifs is 1. The standard InChI is InChI=1S/C22H27NO8S/c1-12(24)28-11-18-19(29-13(2)25)20(30-14(3)26)21(31-15(4)27)22(32-18)23-10-9-16-7-5-6-8-17(16)23/h5-8,18-22H,9-11H2,1-4H3/t18-,19-,20+,21-,22-/m1/s1. The fourth-order valence-electron chi connectivity index (χ4n) is 4.08. The van der Waals surface area contributed by atoms with E-state index in [1.807, 2.05) is 24.3 Å². The molecule has 10 heteroatoms. The van der Waals surface area contributed by atoms with Crippen LogP contribution in [0.3, 0.4) is 0 Å². The Morgan fingerprint density at radius 1 is 0.875 bits per heavy atom. The van der Waals surface area contributed by atoms with Gasteiger partial charge < -0.3 is 23.8 Å². The second kappa shape index (κ2) is 10.2. The lowest BCUT2D eigenvalue weighted by Crippen LogP contribution is -2.62. The molecule has 3 rings (SSSR count). The smallest absolute Gasteiger partial charge is 0.303 e. The van der Waals surface area contributed by atoms with E-state index in [0.29, 0.717) is 6.54 Å². The number of carbonyl (C=O) groups excluding carboxylic acids is 4. The molecule has 0 radical (unpaired) electrons. The zero-order valence-corrected chi connectivity index (χ0v) is 19.3. The molecule has 1 fully saturated rings. The quantitative estimate of drug-likeness (QED) is 0.456. The van der Waals surface area contributed by atoms with Crippen LogP contribution >= 0.6 is 11.8 Å². The van der Waals surface area contributed by atoms with Gasteiger partial charge in [-0.3, -0.25) is 19.2 Å². The summed E-state index contributed by atoms with van der Waals surface area (Å²) in [7, 11) is 0. The van der Waals surface area contributed by atoms with Crippen LogP contribution in [-0.4, -0.2) is 66.0 Å². The summed E-state index contributed by atoms with van der Waals surface area (Å²) in [5.74, 6) is -2.23. The Labute approximate surface area is 190 Å². The third-order valence-electron chi connectivity index (χ3n) is 5.20. The number of esters is 4. The van der Waals surface area contributed by atoms with Gasteiger partial charge in [-0.05, 0) is 18.1 Å². The number of hydrogen-bond donors (Lipinski definition) is 0. The Bertz CT molecular complexity index is 890. The van der Waals surface area contributed by atoms with Crippen LogP contribution in [-0.2, 0) is 44.5 Å². The zero-order valence-electron chi connectivity index (χ0n) is 18.4. The molecule has 0 saturated carbocycles. The van der Waals surface area contributed by atoms with Gasteiger partial charge in [0.15, 0.2) is 18.3 Å². The largest absolute Gasteiger partial charge is 0.465 e. The summed E-state index contributed by atoms with van der Waals surface area (Å²) in [5, 5.41) is -1.00. The molecule has 0 aliphatic carbocycles. The van der Waals surface area contributed by atoms with Crippen LogP contribution in [0.5, 0.6) is 0 Å². The van der Waals surface area contributed by atoms with Crippen molar-refractivity contribution in [1.29, 1.82) is 0 Å². The lowest BCUT2D eigenvalue weighted by molar-refractivity contribution is -0.185. The van der Waals surface area contributed by atoms with Gasteiger partial charge in [0.1, 0.15) is 12.0 Å². The molecule has 0 unspecified atom stereocenters. The number of thioether (sulfide) groups is 1. The van der Waals surface area contributed by atoms with Crippen LogP contribution in [0.1, 0.15) is 33.3 Å². The zero-order chi connectivity index (χ0) is 23.4. The highest BCUT2D eigenvalue weighted by Gasteiger charge is 2.53. The summed E-state index contributed by atoms with van der Waals surface area (Å²) < 4.78 is 21.9. The Hall–Kier alpha value is -2.75. The fraction of sp³-hybridized carbons (Fsp3) is 0.545. The first kappa shape index (κ1) is 23.9. The first-order valence-corrected chi connectivity index (χ1v) is 11.3. The second-order valence-electron chi connectivity index (χ2n) is 7.66. The average molecular weight is 466 g/mol. The molecular weight excluding hydrogens is 438 g/mol. The number of rotatable bonds is 6. The Kier molecular flexibility index (Phi) is 7.65. The van der Waals surface area contributed by atoms with Gasteiger partial charge >= 0.3 is 23.9 Å². The number of ether oxygens (including phenoxy) is 4. The van der Waals surface area contributed by atoms with Crippen LogP contribution in [0, 0.1) is 0 Å². The molecule has 2 aliphatic heterocycles. The highest BCUT2D eigenvalue weighted by atomic mass is 32.2. The van der Waals surface area contributed by atoms with Gasteiger partial charge in [-0.15, -0.1) is 11.8 Å². The number of nitrogens with zero attached hydrogens (tertiary/aromatic N) is 1. The summed E-state index contributed by atoms with van der Waals surface area (Å²) in [5.41, 5.74) is 2.14. The summed E-state index contributed by atoms with van der Waals surface area (Å²) in [4.78, 5) is 49.4. The SMILES string of the molecule is CC(=O)OC[C@H]1S[C@@H](N2CCc3ccccc32)[C@H](OC(C)=O)[C@@H](OC(C)=O)[C@@H]1OC(C)=O. The van der Waals surface area contributed by atoms with E-state index >= 15 is 0 Å². The minimum Gasteiger partial charge on any atom is -0.465 e. The molecule has 2 heterocycles. The molecule has 2 aliphatic rings. The molecular formula is C22H27NO8S. The number of hydrogen-bond acceptors (Lipinski definition) is 10. The van der Waals surface area contributed by atoms with Crippen LogP contribution in [0.2, 0.25) is 0 Å². The van der Waals surface area contributed by atoms with Gasteiger partial charge in [0.05, 0.1) is 5.25 Å². The van der Waals surface area contributed by atoms with Crippen LogP contribution in [0.15, 0.2) is 24.3 Å². The minimum atomic E-state index is -1.07. The predicted octanol–water partition coefficient (Wildman–Crippen LogP) is 1.85. The molecule has 1 aromatic carbocycles. The Morgan fingerprint density at radius 2 is 1.47 bits per heavy atom. The summed E-state index contributed by atoms with van der Waals surface area (Å²) in [6, 6.07) is 7.90. The molecule has 0 aromatic heterocycles. The van der Waals surface area contributed by atoms with E-state index in [4.69, 9.17) is 18.9 Å². The molecule has 32 heavy (non-hydrogen) atoms. The van der Waals surface area contributed by atoms with Crippen LogP contribution in [0.25, 0.3) is 0 Å². The molecule has 5 atom stereocenters. The molecule has 1 saturated heterocycles. The van der Waals surface area contributed by atoms with Crippen LogP contribution < -0.4 is 4.90 Å². The maximum absolute atomic E-state index is 12.0. The van der Waals surface area contributed by atoms with E-state index in [0.717, 1.165) is 17.7 Å².